The van der Waals surface area contributed by atoms with Crippen molar-refractivity contribution in [2.45, 2.75) is 12.7 Å². The first kappa shape index (κ1) is 25.0. The summed E-state index contributed by atoms with van der Waals surface area (Å²) in [6, 6.07) is 27.8. The Bertz CT molecular complexity index is 1370. The molecule has 1 amide bonds. The summed E-state index contributed by atoms with van der Waals surface area (Å²) >= 11 is 1.56. The molecule has 0 spiro atoms. The highest BCUT2D eigenvalue weighted by Crippen LogP contribution is 2.28. The zero-order valence-corrected chi connectivity index (χ0v) is 21.6. The molecule has 4 aromatic rings. The SMILES string of the molecule is COc1cccc(C(CN2CCN(C(=O)c3cc4ccccc4s3)CC2)OCc2ccc(C#N)cc2)c1. The maximum Gasteiger partial charge on any atom is 0.264 e. The Kier molecular flexibility index (Phi) is 7.81. The summed E-state index contributed by atoms with van der Waals surface area (Å²) < 4.78 is 13.0. The molecule has 1 fully saturated rings. The molecular formula is C30H29N3O3S. The fourth-order valence-corrected chi connectivity index (χ4v) is 5.61. The number of fused-ring (bicyclic) bond motifs is 1. The van der Waals surface area contributed by atoms with Gasteiger partial charge in [0.25, 0.3) is 5.91 Å². The van der Waals surface area contributed by atoms with Crippen molar-refractivity contribution in [3.8, 4) is 11.8 Å². The van der Waals surface area contributed by atoms with Gasteiger partial charge in [-0.15, -0.1) is 11.3 Å². The number of carbonyl (C=O) groups is 1. The molecule has 6 nitrogen and oxygen atoms in total. The van der Waals surface area contributed by atoms with Crippen LogP contribution in [0.1, 0.15) is 32.5 Å². The van der Waals surface area contributed by atoms with Crippen LogP contribution in [0, 0.1) is 11.3 Å². The van der Waals surface area contributed by atoms with Crippen molar-refractivity contribution in [1.82, 2.24) is 9.80 Å². The van der Waals surface area contributed by atoms with Crippen LogP contribution < -0.4 is 4.74 Å². The summed E-state index contributed by atoms with van der Waals surface area (Å²) in [6.07, 6.45) is -0.157. The summed E-state index contributed by atoms with van der Waals surface area (Å²) in [4.78, 5) is 18.3. The van der Waals surface area contributed by atoms with Crippen molar-refractivity contribution < 1.29 is 14.3 Å². The molecule has 37 heavy (non-hydrogen) atoms. The first-order chi connectivity index (χ1) is 18.1. The van der Waals surface area contributed by atoms with E-state index in [0.29, 0.717) is 31.8 Å². The highest BCUT2D eigenvalue weighted by molar-refractivity contribution is 7.20. The van der Waals surface area contributed by atoms with Gasteiger partial charge in [-0.25, -0.2) is 0 Å². The van der Waals surface area contributed by atoms with E-state index in [0.717, 1.165) is 44.9 Å². The van der Waals surface area contributed by atoms with E-state index in [2.05, 4.69) is 29.2 Å². The molecular weight excluding hydrogens is 482 g/mol. The molecule has 188 valence electrons. The number of amides is 1. The maximum absolute atomic E-state index is 13.2. The van der Waals surface area contributed by atoms with Crippen molar-refractivity contribution in [3.63, 3.8) is 0 Å². The van der Waals surface area contributed by atoms with Gasteiger partial charge in [0.05, 0.1) is 36.3 Å². The predicted molar refractivity (Wildman–Crippen MR) is 146 cm³/mol. The smallest absolute Gasteiger partial charge is 0.264 e. The zero-order valence-electron chi connectivity index (χ0n) is 20.8. The van der Waals surface area contributed by atoms with Gasteiger partial charge in [-0.05, 0) is 52.9 Å². The number of methoxy groups -OCH3 is 1. The van der Waals surface area contributed by atoms with Gasteiger partial charge < -0.3 is 14.4 Å². The number of nitriles is 1. The van der Waals surface area contributed by atoms with Gasteiger partial charge in [-0.3, -0.25) is 9.69 Å². The third-order valence-corrected chi connectivity index (χ3v) is 7.82. The lowest BCUT2D eigenvalue weighted by Gasteiger charge is -2.36. The van der Waals surface area contributed by atoms with Crippen molar-refractivity contribution >= 4 is 27.3 Å². The Hall–Kier alpha value is -3.70. The van der Waals surface area contributed by atoms with Gasteiger partial charge in [0.2, 0.25) is 0 Å². The molecule has 1 aliphatic rings. The summed E-state index contributed by atoms with van der Waals surface area (Å²) in [5.41, 5.74) is 2.71. The lowest BCUT2D eigenvalue weighted by molar-refractivity contribution is 0.00339. The van der Waals surface area contributed by atoms with Crippen molar-refractivity contribution in [2.75, 3.05) is 39.8 Å². The molecule has 0 N–H and O–H groups in total. The van der Waals surface area contributed by atoms with E-state index < -0.39 is 0 Å². The van der Waals surface area contributed by atoms with Gasteiger partial charge in [0.15, 0.2) is 0 Å². The van der Waals surface area contributed by atoms with E-state index in [4.69, 9.17) is 14.7 Å². The number of hydrogen-bond donors (Lipinski definition) is 0. The summed E-state index contributed by atoms with van der Waals surface area (Å²) in [6.45, 7) is 4.11. The minimum absolute atomic E-state index is 0.113. The third kappa shape index (κ3) is 6.00. The fraction of sp³-hybridized carbons (Fsp3) is 0.267. The highest BCUT2D eigenvalue weighted by Gasteiger charge is 2.26. The summed E-state index contributed by atoms with van der Waals surface area (Å²) in [5, 5.41) is 10.2. The molecule has 0 radical (unpaired) electrons. The van der Waals surface area contributed by atoms with Crippen LogP contribution in [-0.2, 0) is 11.3 Å². The number of piperazine rings is 1. The Morgan fingerprint density at radius 3 is 2.51 bits per heavy atom. The Morgan fingerprint density at radius 2 is 1.78 bits per heavy atom. The second kappa shape index (κ2) is 11.6. The fourth-order valence-electron chi connectivity index (χ4n) is 4.58. The monoisotopic (exact) mass is 511 g/mol. The minimum Gasteiger partial charge on any atom is -0.497 e. The Labute approximate surface area is 221 Å². The quantitative estimate of drug-likeness (QED) is 0.313. The minimum atomic E-state index is -0.157. The lowest BCUT2D eigenvalue weighted by atomic mass is 10.1. The van der Waals surface area contributed by atoms with E-state index in [-0.39, 0.29) is 12.0 Å². The third-order valence-electron chi connectivity index (χ3n) is 6.72. The molecule has 0 bridgehead atoms. The molecule has 5 rings (SSSR count). The maximum atomic E-state index is 13.2. The van der Waals surface area contributed by atoms with Crippen LogP contribution in [0.3, 0.4) is 0 Å². The summed E-state index contributed by atoms with van der Waals surface area (Å²) in [5.74, 6) is 0.908. The molecule has 1 saturated heterocycles. The average molecular weight is 512 g/mol. The van der Waals surface area contributed by atoms with Crippen LogP contribution in [0.25, 0.3) is 10.1 Å². The lowest BCUT2D eigenvalue weighted by Crippen LogP contribution is -2.49. The van der Waals surface area contributed by atoms with Gasteiger partial charge in [-0.2, -0.15) is 5.26 Å². The number of rotatable bonds is 8. The van der Waals surface area contributed by atoms with Crippen LogP contribution >= 0.6 is 11.3 Å². The van der Waals surface area contributed by atoms with E-state index >= 15 is 0 Å². The number of hydrogen-bond acceptors (Lipinski definition) is 6. The largest absolute Gasteiger partial charge is 0.497 e. The normalized spacial score (nSPS) is 14.9. The molecule has 3 aromatic carbocycles. The van der Waals surface area contributed by atoms with Crippen LogP contribution in [0.4, 0.5) is 0 Å². The highest BCUT2D eigenvalue weighted by atomic mass is 32.1. The van der Waals surface area contributed by atoms with E-state index in [1.807, 2.05) is 65.6 Å². The predicted octanol–water partition coefficient (Wildman–Crippen LogP) is 5.50. The van der Waals surface area contributed by atoms with Crippen molar-refractivity contribution in [3.05, 3.63) is 100 Å². The topological polar surface area (TPSA) is 65.8 Å². The number of thiophene rings is 1. The molecule has 0 saturated carbocycles. The number of nitrogens with zero attached hydrogens (tertiary/aromatic N) is 3. The molecule has 0 aliphatic carbocycles. The molecule has 1 unspecified atom stereocenters. The van der Waals surface area contributed by atoms with Gasteiger partial charge >= 0.3 is 0 Å². The average Bonchev–Trinajstić information content (AvgIpc) is 3.40. The Balaban J connectivity index is 1.23. The molecule has 1 aliphatic heterocycles. The van der Waals surface area contributed by atoms with Crippen LogP contribution in [0.5, 0.6) is 5.75 Å². The van der Waals surface area contributed by atoms with E-state index in [1.54, 1.807) is 18.4 Å². The van der Waals surface area contributed by atoms with Gasteiger partial charge in [0.1, 0.15) is 5.75 Å². The van der Waals surface area contributed by atoms with Crippen LogP contribution in [-0.4, -0.2) is 55.5 Å². The molecule has 1 aromatic heterocycles. The molecule has 7 heteroatoms. The van der Waals surface area contributed by atoms with Crippen LogP contribution in [0.15, 0.2) is 78.9 Å². The number of benzene rings is 3. The second-order valence-electron chi connectivity index (χ2n) is 9.13. The van der Waals surface area contributed by atoms with Gasteiger partial charge in [-0.1, -0.05) is 42.5 Å². The van der Waals surface area contributed by atoms with Crippen molar-refractivity contribution in [2.24, 2.45) is 0 Å². The molecule has 2 heterocycles. The standard InChI is InChI=1S/C30H29N3O3S/c1-35-26-7-4-6-24(17-26)27(36-21-23-11-9-22(19-31)10-12-23)20-32-13-15-33(16-14-32)30(34)29-18-25-5-2-3-8-28(25)37-29/h2-12,17-18,27H,13-16,20-21H2,1H3. The van der Waals surface area contributed by atoms with Gasteiger partial charge in [0, 0.05) is 37.4 Å². The second-order valence-corrected chi connectivity index (χ2v) is 10.2. The summed E-state index contributed by atoms with van der Waals surface area (Å²) in [7, 11) is 1.67. The molecule has 1 atom stereocenters. The zero-order chi connectivity index (χ0) is 25.6. The van der Waals surface area contributed by atoms with E-state index in [9.17, 15) is 4.79 Å². The Morgan fingerprint density at radius 1 is 1.00 bits per heavy atom. The number of carbonyl (C=O) groups excluding carboxylic acids is 1. The first-order valence-electron chi connectivity index (χ1n) is 12.4. The first-order valence-corrected chi connectivity index (χ1v) is 13.2. The van der Waals surface area contributed by atoms with Crippen molar-refractivity contribution in [1.29, 1.82) is 5.26 Å². The van der Waals surface area contributed by atoms with E-state index in [1.165, 1.54) is 0 Å². The number of ether oxygens (including phenoxy) is 2. The van der Waals surface area contributed by atoms with Crippen LogP contribution in [0.2, 0.25) is 0 Å².